The Morgan fingerprint density at radius 3 is 1.81 bits per heavy atom. The fourth-order valence-electron chi connectivity index (χ4n) is 2.75. The van der Waals surface area contributed by atoms with Crippen LogP contribution in [0, 0.1) is 0 Å². The van der Waals surface area contributed by atoms with Gasteiger partial charge in [0, 0.05) is 19.2 Å². The Balaban J connectivity index is 1.71. The maximum atomic E-state index is 12.8. The summed E-state index contributed by atoms with van der Waals surface area (Å²) in [7, 11) is 0. The van der Waals surface area contributed by atoms with Crippen molar-refractivity contribution in [1.29, 1.82) is 0 Å². The Morgan fingerprint density at radius 1 is 0.704 bits per heavy atom. The van der Waals surface area contributed by atoms with Crippen LogP contribution in [0.25, 0.3) is 12.2 Å². The molecule has 0 aliphatic rings. The third-order valence-electron chi connectivity index (χ3n) is 4.18. The molecule has 0 aliphatic carbocycles. The van der Waals surface area contributed by atoms with Gasteiger partial charge in [0.2, 0.25) is 5.91 Å². The molecule has 0 radical (unpaired) electrons. The van der Waals surface area contributed by atoms with Crippen molar-refractivity contribution in [1.82, 2.24) is 4.90 Å². The van der Waals surface area contributed by atoms with Gasteiger partial charge in [-0.2, -0.15) is 0 Å². The maximum Gasteiger partial charge on any atom is 0.247 e. The van der Waals surface area contributed by atoms with E-state index in [0.717, 1.165) is 16.7 Å². The Morgan fingerprint density at radius 2 is 1.22 bits per heavy atom. The molecule has 0 heterocycles. The first kappa shape index (κ1) is 18.4. The second-order valence-corrected chi connectivity index (χ2v) is 6.26. The molecule has 0 spiro atoms. The summed E-state index contributed by atoms with van der Waals surface area (Å²) in [6.45, 7) is 1.14. The van der Waals surface area contributed by atoms with Crippen LogP contribution in [0.4, 0.5) is 0 Å². The van der Waals surface area contributed by atoms with E-state index in [1.807, 2.05) is 102 Å². The topological polar surface area (TPSA) is 20.3 Å². The van der Waals surface area contributed by atoms with Crippen molar-refractivity contribution in [3.05, 3.63) is 120 Å². The highest BCUT2D eigenvalue weighted by molar-refractivity contribution is 5.91. The van der Waals surface area contributed by atoms with Crippen molar-refractivity contribution in [3.8, 4) is 0 Å². The lowest BCUT2D eigenvalue weighted by molar-refractivity contribution is -0.126. The van der Waals surface area contributed by atoms with Crippen LogP contribution < -0.4 is 0 Å². The number of benzene rings is 3. The molecule has 3 aromatic rings. The number of rotatable bonds is 7. The first-order chi connectivity index (χ1) is 13.3. The molecule has 0 aliphatic heterocycles. The lowest BCUT2D eigenvalue weighted by atomic mass is 10.2. The third-order valence-corrected chi connectivity index (χ3v) is 4.18. The first-order valence-corrected chi connectivity index (χ1v) is 9.09. The summed E-state index contributed by atoms with van der Waals surface area (Å²) < 4.78 is 0. The highest BCUT2D eigenvalue weighted by atomic mass is 16.2. The highest BCUT2D eigenvalue weighted by Crippen LogP contribution is 2.09. The summed E-state index contributed by atoms with van der Waals surface area (Å²) >= 11 is 0. The summed E-state index contributed by atoms with van der Waals surface area (Å²) in [5.74, 6) is 0.000387. The average molecular weight is 353 g/mol. The first-order valence-electron chi connectivity index (χ1n) is 9.09. The molecular weight excluding hydrogens is 330 g/mol. The van der Waals surface area contributed by atoms with Gasteiger partial charge in [0.25, 0.3) is 0 Å². The fourth-order valence-corrected chi connectivity index (χ4v) is 2.75. The average Bonchev–Trinajstić information content (AvgIpc) is 2.73. The van der Waals surface area contributed by atoms with E-state index in [0.29, 0.717) is 13.1 Å². The van der Waals surface area contributed by atoms with Crippen molar-refractivity contribution < 1.29 is 4.79 Å². The second-order valence-electron chi connectivity index (χ2n) is 6.26. The second kappa shape index (κ2) is 9.93. The van der Waals surface area contributed by atoms with Crippen molar-refractivity contribution in [2.45, 2.75) is 6.54 Å². The Bertz CT molecular complexity index is 883. The van der Waals surface area contributed by atoms with E-state index in [-0.39, 0.29) is 5.91 Å². The number of hydrogen-bond acceptors (Lipinski definition) is 1. The van der Waals surface area contributed by atoms with Crippen LogP contribution in [0.2, 0.25) is 0 Å². The lowest BCUT2D eigenvalue weighted by Gasteiger charge is -2.19. The highest BCUT2D eigenvalue weighted by Gasteiger charge is 2.09. The molecule has 27 heavy (non-hydrogen) atoms. The van der Waals surface area contributed by atoms with E-state index >= 15 is 0 Å². The standard InChI is InChI=1S/C25H23NO/c27-25(19-18-23-13-6-2-7-14-23)26(21-24-15-8-3-9-16-24)20-10-17-22-11-4-1-5-12-22/h1-19H,20-21H2/b17-10+,19-18+. The third kappa shape index (κ3) is 6.12. The predicted octanol–water partition coefficient (Wildman–Crippen LogP) is 5.44. The molecule has 3 aromatic carbocycles. The molecule has 1 amide bonds. The molecule has 0 atom stereocenters. The predicted molar refractivity (Wildman–Crippen MR) is 113 cm³/mol. The molecule has 0 N–H and O–H groups in total. The van der Waals surface area contributed by atoms with Crippen LogP contribution in [-0.2, 0) is 11.3 Å². The van der Waals surface area contributed by atoms with E-state index in [9.17, 15) is 4.79 Å². The van der Waals surface area contributed by atoms with Crippen LogP contribution in [0.1, 0.15) is 16.7 Å². The number of hydrogen-bond donors (Lipinski definition) is 0. The largest absolute Gasteiger partial charge is 0.331 e. The van der Waals surface area contributed by atoms with Gasteiger partial charge in [-0.3, -0.25) is 4.79 Å². The Labute approximate surface area is 161 Å². The van der Waals surface area contributed by atoms with Gasteiger partial charge in [-0.1, -0.05) is 103 Å². The van der Waals surface area contributed by atoms with Crippen LogP contribution in [-0.4, -0.2) is 17.4 Å². The SMILES string of the molecule is O=C(/C=C/c1ccccc1)N(C/C=C/c1ccccc1)Cc1ccccc1. The van der Waals surface area contributed by atoms with Crippen LogP contribution in [0.3, 0.4) is 0 Å². The normalized spacial score (nSPS) is 11.1. The summed E-state index contributed by atoms with van der Waals surface area (Å²) in [6, 6.07) is 30.1. The molecule has 0 bridgehead atoms. The van der Waals surface area contributed by atoms with Crippen LogP contribution >= 0.6 is 0 Å². The van der Waals surface area contributed by atoms with E-state index in [4.69, 9.17) is 0 Å². The molecule has 3 rings (SSSR count). The molecule has 0 aromatic heterocycles. The van der Waals surface area contributed by atoms with Gasteiger partial charge in [-0.05, 0) is 22.8 Å². The maximum absolute atomic E-state index is 12.8. The zero-order valence-corrected chi connectivity index (χ0v) is 15.2. The molecule has 0 saturated heterocycles. The van der Waals surface area contributed by atoms with Gasteiger partial charge in [0.05, 0.1) is 0 Å². The lowest BCUT2D eigenvalue weighted by Crippen LogP contribution is -2.29. The van der Waals surface area contributed by atoms with Gasteiger partial charge in [-0.15, -0.1) is 0 Å². The number of nitrogens with zero attached hydrogens (tertiary/aromatic N) is 1. The minimum atomic E-state index is 0.000387. The van der Waals surface area contributed by atoms with Crippen molar-refractivity contribution in [2.75, 3.05) is 6.54 Å². The molecule has 2 nitrogen and oxygen atoms in total. The fraction of sp³-hybridized carbons (Fsp3) is 0.0800. The number of carbonyl (C=O) groups is 1. The monoisotopic (exact) mass is 353 g/mol. The summed E-state index contributed by atoms with van der Waals surface area (Å²) in [4.78, 5) is 14.6. The van der Waals surface area contributed by atoms with Crippen LogP contribution in [0.5, 0.6) is 0 Å². The van der Waals surface area contributed by atoms with E-state index in [1.165, 1.54) is 0 Å². The summed E-state index contributed by atoms with van der Waals surface area (Å²) in [6.07, 6.45) is 7.59. The molecular formula is C25H23NO. The van der Waals surface area contributed by atoms with E-state index in [1.54, 1.807) is 6.08 Å². The molecule has 0 fully saturated rings. The minimum Gasteiger partial charge on any atom is -0.331 e. The molecule has 134 valence electrons. The van der Waals surface area contributed by atoms with Gasteiger partial charge >= 0.3 is 0 Å². The van der Waals surface area contributed by atoms with E-state index in [2.05, 4.69) is 12.1 Å². The Hall–Kier alpha value is -3.39. The number of amides is 1. The molecule has 2 heteroatoms. The van der Waals surface area contributed by atoms with Crippen molar-refractivity contribution >= 4 is 18.1 Å². The van der Waals surface area contributed by atoms with Gasteiger partial charge in [-0.25, -0.2) is 0 Å². The van der Waals surface area contributed by atoms with Crippen molar-refractivity contribution in [3.63, 3.8) is 0 Å². The van der Waals surface area contributed by atoms with Gasteiger partial charge in [0.15, 0.2) is 0 Å². The minimum absolute atomic E-state index is 0.000387. The van der Waals surface area contributed by atoms with Gasteiger partial charge in [0.1, 0.15) is 0 Å². The number of carbonyl (C=O) groups excluding carboxylic acids is 1. The van der Waals surface area contributed by atoms with Crippen LogP contribution in [0.15, 0.2) is 103 Å². The summed E-state index contributed by atoms with van der Waals surface area (Å²) in [5.41, 5.74) is 3.27. The quantitative estimate of drug-likeness (QED) is 0.518. The zero-order chi connectivity index (χ0) is 18.7. The molecule has 0 unspecified atom stereocenters. The summed E-state index contributed by atoms with van der Waals surface area (Å²) in [5, 5.41) is 0. The smallest absolute Gasteiger partial charge is 0.247 e. The van der Waals surface area contributed by atoms with E-state index < -0.39 is 0 Å². The molecule has 0 saturated carbocycles. The Kier molecular flexibility index (Phi) is 6.77. The van der Waals surface area contributed by atoms with Crippen molar-refractivity contribution in [2.24, 2.45) is 0 Å². The van der Waals surface area contributed by atoms with Gasteiger partial charge < -0.3 is 4.90 Å². The zero-order valence-electron chi connectivity index (χ0n) is 15.2.